The van der Waals surface area contributed by atoms with E-state index in [4.69, 9.17) is 9.26 Å². The molecule has 2 aromatic carbocycles. The summed E-state index contributed by atoms with van der Waals surface area (Å²) in [6, 6.07) is 20.7. The van der Waals surface area contributed by atoms with Gasteiger partial charge in [0, 0.05) is 29.4 Å². The Hall–Kier alpha value is -4.46. The minimum absolute atomic E-state index is 0.347. The molecule has 34 heavy (non-hydrogen) atoms. The lowest BCUT2D eigenvalue weighted by atomic mass is 9.94. The Morgan fingerprint density at radius 3 is 2.71 bits per heavy atom. The fourth-order valence-corrected chi connectivity index (χ4v) is 4.26. The van der Waals surface area contributed by atoms with E-state index in [1.54, 1.807) is 6.26 Å². The summed E-state index contributed by atoms with van der Waals surface area (Å²) in [5, 5.41) is 15.0. The van der Waals surface area contributed by atoms with E-state index in [9.17, 15) is 0 Å². The topological polar surface area (TPSA) is 93.0 Å². The van der Waals surface area contributed by atoms with Crippen LogP contribution in [0.2, 0.25) is 0 Å². The Bertz CT molecular complexity index is 1500. The molecule has 1 atom stereocenters. The van der Waals surface area contributed by atoms with Gasteiger partial charge in [-0.2, -0.15) is 10.3 Å². The van der Waals surface area contributed by atoms with Crippen molar-refractivity contribution in [3.63, 3.8) is 0 Å². The highest BCUT2D eigenvalue weighted by Crippen LogP contribution is 2.37. The van der Waals surface area contributed by atoms with Crippen LogP contribution in [-0.2, 0) is 11.2 Å². The van der Waals surface area contributed by atoms with E-state index in [0.717, 1.165) is 44.7 Å². The molecule has 0 spiro atoms. The quantitative estimate of drug-likeness (QED) is 0.392. The van der Waals surface area contributed by atoms with Crippen LogP contribution in [0.5, 0.6) is 0 Å². The van der Waals surface area contributed by atoms with Gasteiger partial charge in [0.15, 0.2) is 0 Å². The molecular weight excluding hydrogens is 428 g/mol. The third-order valence-corrected chi connectivity index (χ3v) is 6.16. The van der Waals surface area contributed by atoms with Crippen molar-refractivity contribution in [2.24, 2.45) is 0 Å². The van der Waals surface area contributed by atoms with Gasteiger partial charge in [-0.3, -0.25) is 4.90 Å². The van der Waals surface area contributed by atoms with Gasteiger partial charge in [0.25, 0.3) is 0 Å². The van der Waals surface area contributed by atoms with E-state index in [0.29, 0.717) is 18.0 Å². The highest BCUT2D eigenvalue weighted by Gasteiger charge is 2.29. The highest BCUT2D eigenvalue weighted by atomic mass is 16.5. The van der Waals surface area contributed by atoms with E-state index in [2.05, 4.69) is 55.9 Å². The van der Waals surface area contributed by atoms with Gasteiger partial charge in [0.05, 0.1) is 5.69 Å². The number of rotatable bonds is 5. The monoisotopic (exact) mass is 450 g/mol. The number of pyridine rings is 1. The first-order chi connectivity index (χ1) is 16.7. The second kappa shape index (κ2) is 8.15. The molecule has 6 rings (SSSR count). The largest absolute Gasteiger partial charge is 0.472 e. The lowest BCUT2D eigenvalue weighted by Crippen LogP contribution is -2.20. The van der Waals surface area contributed by atoms with Crippen LogP contribution in [0.4, 0.5) is 5.88 Å². The Labute approximate surface area is 195 Å². The zero-order chi connectivity index (χ0) is 23.1. The summed E-state index contributed by atoms with van der Waals surface area (Å²) < 4.78 is 11.6. The smallest absolute Gasteiger partial charge is 0.237 e. The molecule has 3 aromatic heterocycles. The maximum Gasteiger partial charge on any atom is 0.237 e. The van der Waals surface area contributed by atoms with E-state index in [1.165, 1.54) is 0 Å². The molecule has 168 valence electrons. The zero-order valence-electron chi connectivity index (χ0n) is 18.8. The minimum atomic E-state index is -0.347. The predicted molar refractivity (Wildman–Crippen MR) is 128 cm³/mol. The molecule has 0 fully saturated rings. The number of nitrogens with one attached hydrogen (secondary N) is 1. The Morgan fingerprint density at radius 1 is 1.00 bits per heavy atom. The number of aromatic amines is 1. The Balaban J connectivity index is 1.41. The number of ether oxygens (including phenoxy) is 1. The molecule has 8 nitrogen and oxygen atoms in total. The van der Waals surface area contributed by atoms with E-state index in [-0.39, 0.29) is 6.23 Å². The van der Waals surface area contributed by atoms with Gasteiger partial charge in [-0.25, -0.2) is 4.98 Å². The number of hydrogen-bond acceptors (Lipinski definition) is 7. The van der Waals surface area contributed by atoms with Crippen LogP contribution >= 0.6 is 0 Å². The van der Waals surface area contributed by atoms with E-state index < -0.39 is 0 Å². The van der Waals surface area contributed by atoms with Gasteiger partial charge >= 0.3 is 0 Å². The minimum Gasteiger partial charge on any atom is -0.472 e. The molecule has 5 aromatic rings. The maximum atomic E-state index is 5.99. The first kappa shape index (κ1) is 20.2. The van der Waals surface area contributed by atoms with E-state index in [1.807, 2.05) is 55.3 Å². The van der Waals surface area contributed by atoms with Crippen LogP contribution in [0.1, 0.15) is 34.3 Å². The molecule has 1 aliphatic rings. The molecule has 0 bridgehead atoms. The van der Waals surface area contributed by atoms with Crippen molar-refractivity contribution < 1.29 is 9.26 Å². The van der Waals surface area contributed by atoms with Crippen molar-refractivity contribution in [3.05, 3.63) is 101 Å². The van der Waals surface area contributed by atoms with Crippen LogP contribution in [-0.4, -0.2) is 25.6 Å². The predicted octanol–water partition coefficient (Wildman–Crippen LogP) is 5.22. The van der Waals surface area contributed by atoms with Crippen LogP contribution in [0.15, 0.2) is 77.6 Å². The van der Waals surface area contributed by atoms with Crippen LogP contribution in [0.25, 0.3) is 22.3 Å². The molecule has 4 heterocycles. The van der Waals surface area contributed by atoms with Gasteiger partial charge in [0.1, 0.15) is 11.8 Å². The first-order valence-electron chi connectivity index (χ1n) is 11.1. The number of aromatic nitrogens is 5. The molecule has 0 amide bonds. The molecular formula is C26H22N6O2. The fourth-order valence-electron chi connectivity index (χ4n) is 4.26. The van der Waals surface area contributed by atoms with Gasteiger partial charge in [-0.05, 0) is 48.7 Å². The van der Waals surface area contributed by atoms with Crippen molar-refractivity contribution >= 4 is 17.0 Å². The van der Waals surface area contributed by atoms with Crippen LogP contribution in [0.3, 0.4) is 0 Å². The molecule has 0 radical (unpaired) electrons. The average molecular weight is 451 g/mol. The summed E-state index contributed by atoms with van der Waals surface area (Å²) in [5.74, 6) is 0.683. The van der Waals surface area contributed by atoms with Gasteiger partial charge in [-0.15, -0.1) is 5.10 Å². The van der Waals surface area contributed by atoms with Crippen molar-refractivity contribution in [2.45, 2.75) is 26.5 Å². The molecule has 0 aliphatic carbocycles. The fraction of sp³-hybridized carbons (Fsp3) is 0.154. The normalized spacial score (nSPS) is 15.2. The number of benzene rings is 2. The van der Waals surface area contributed by atoms with Gasteiger partial charge in [0.2, 0.25) is 17.8 Å². The van der Waals surface area contributed by atoms with Crippen molar-refractivity contribution in [1.82, 2.24) is 25.6 Å². The summed E-state index contributed by atoms with van der Waals surface area (Å²) in [5.41, 5.74) is 8.58. The first-order valence-corrected chi connectivity index (χ1v) is 11.1. The van der Waals surface area contributed by atoms with Gasteiger partial charge in [-0.1, -0.05) is 47.6 Å². The number of anilines is 1. The molecule has 8 heteroatoms. The second-order valence-corrected chi connectivity index (χ2v) is 8.31. The Morgan fingerprint density at radius 2 is 1.88 bits per heavy atom. The highest BCUT2D eigenvalue weighted by molar-refractivity contribution is 5.70. The number of fused-ring (bicyclic) bond motifs is 1. The maximum absolute atomic E-state index is 5.99. The third kappa shape index (κ3) is 3.49. The summed E-state index contributed by atoms with van der Waals surface area (Å²) in [6.45, 7) is 3.93. The van der Waals surface area contributed by atoms with E-state index >= 15 is 0 Å². The van der Waals surface area contributed by atoms with Crippen molar-refractivity contribution in [1.29, 1.82) is 0 Å². The molecule has 1 aliphatic heterocycles. The molecule has 0 saturated carbocycles. The Kier molecular flexibility index (Phi) is 4.83. The van der Waals surface area contributed by atoms with Crippen molar-refractivity contribution in [3.8, 4) is 11.1 Å². The SMILES string of the molecule is Cc1noc(N2C=COC2c2ccc(-c3ccccc3)c(Cc3ccc4n[nH]nc4n3)c2)c1C. The van der Waals surface area contributed by atoms with Crippen molar-refractivity contribution in [2.75, 3.05) is 4.90 Å². The van der Waals surface area contributed by atoms with Crippen LogP contribution < -0.4 is 4.90 Å². The standard InChI is InChI=1S/C26H22N6O2/c1-16-17(2)30-34-25(16)32-12-13-33-26(32)19-8-10-22(18-6-4-3-5-7-18)20(14-19)15-21-9-11-23-24(27-21)29-31-28-23/h3-14,26H,15H2,1-2H3,(H,27,28,29,31). The number of aryl methyl sites for hydroxylation is 1. The lowest BCUT2D eigenvalue weighted by molar-refractivity contribution is 0.169. The average Bonchev–Trinajstić information content (AvgIpc) is 3.60. The molecule has 1 N–H and O–H groups in total. The number of H-pyrrole nitrogens is 1. The lowest BCUT2D eigenvalue weighted by Gasteiger charge is -2.23. The van der Waals surface area contributed by atoms with Crippen LogP contribution in [0, 0.1) is 13.8 Å². The second-order valence-electron chi connectivity index (χ2n) is 8.31. The summed E-state index contributed by atoms with van der Waals surface area (Å²) in [4.78, 5) is 6.66. The molecule has 0 saturated heterocycles. The number of nitrogens with zero attached hydrogens (tertiary/aromatic N) is 5. The number of hydrogen-bond donors (Lipinski definition) is 1. The zero-order valence-corrected chi connectivity index (χ0v) is 18.8. The molecule has 1 unspecified atom stereocenters. The summed E-state index contributed by atoms with van der Waals surface area (Å²) in [6.07, 6.45) is 3.86. The summed E-state index contributed by atoms with van der Waals surface area (Å²) in [7, 11) is 0. The third-order valence-electron chi connectivity index (χ3n) is 6.16. The summed E-state index contributed by atoms with van der Waals surface area (Å²) >= 11 is 0. The van der Waals surface area contributed by atoms with Gasteiger partial charge < -0.3 is 9.26 Å².